The van der Waals surface area contributed by atoms with Gasteiger partial charge in [-0.05, 0) is 30.5 Å². The zero-order valence-electron chi connectivity index (χ0n) is 13.5. The summed E-state index contributed by atoms with van der Waals surface area (Å²) in [5.41, 5.74) is 3.94. The predicted octanol–water partition coefficient (Wildman–Crippen LogP) is 4.25. The summed E-state index contributed by atoms with van der Waals surface area (Å²) in [6.07, 6.45) is 0.313. The molecule has 0 bridgehead atoms. The first-order valence-electron chi connectivity index (χ1n) is 7.65. The lowest BCUT2D eigenvalue weighted by atomic mass is 10.1. The second-order valence-electron chi connectivity index (χ2n) is 5.51. The topological polar surface area (TPSA) is 56.1 Å². The normalized spacial score (nSPS) is 9.96. The van der Waals surface area contributed by atoms with E-state index in [1.165, 1.54) is 0 Å². The van der Waals surface area contributed by atoms with Crippen molar-refractivity contribution < 1.29 is 4.79 Å². The van der Waals surface area contributed by atoms with Gasteiger partial charge in [0.25, 0.3) is 0 Å². The predicted molar refractivity (Wildman–Crippen MR) is 92.0 cm³/mol. The first-order chi connectivity index (χ1) is 11.1. The molecular weight excluding hydrogens is 286 g/mol. The molecule has 1 N–H and O–H groups in total. The summed E-state index contributed by atoms with van der Waals surface area (Å²) in [6.45, 7) is 4.83. The number of hydrogen-bond donors (Lipinski definition) is 1. The largest absolute Gasteiger partial charge is 0.322 e. The van der Waals surface area contributed by atoms with Crippen LogP contribution in [0.2, 0.25) is 0 Å². The molecule has 0 spiro atoms. The summed E-state index contributed by atoms with van der Waals surface area (Å²) in [7, 11) is 0. The quantitative estimate of drug-likeness (QED) is 0.897. The highest BCUT2D eigenvalue weighted by molar-refractivity contribution is 5.91. The Balaban J connectivity index is 2.15. The van der Waals surface area contributed by atoms with Gasteiger partial charge in [0.05, 0.1) is 12.5 Å². The number of nitrogens with zero attached hydrogens (tertiary/aromatic N) is 2. The van der Waals surface area contributed by atoms with E-state index in [-0.39, 0.29) is 6.03 Å². The standard InChI is InChI=1S/C19H21N3O/c1-15-8-6-9-16(2)18(15)21-19(23)22(13-7-12-20)14-17-10-4-3-5-11-17/h3-6,8-11H,7,13-14H2,1-2H3,(H,21,23). The van der Waals surface area contributed by atoms with E-state index < -0.39 is 0 Å². The Bertz CT molecular complexity index is 684. The molecule has 0 saturated heterocycles. The minimum atomic E-state index is -0.179. The highest BCUT2D eigenvalue weighted by Gasteiger charge is 2.15. The van der Waals surface area contributed by atoms with Gasteiger partial charge in [-0.15, -0.1) is 0 Å². The number of carbonyl (C=O) groups is 1. The van der Waals surface area contributed by atoms with E-state index in [1.807, 2.05) is 62.4 Å². The van der Waals surface area contributed by atoms with E-state index in [2.05, 4.69) is 11.4 Å². The van der Waals surface area contributed by atoms with Gasteiger partial charge in [0.15, 0.2) is 0 Å². The Morgan fingerprint density at radius 3 is 2.35 bits per heavy atom. The first-order valence-corrected chi connectivity index (χ1v) is 7.65. The number of hydrogen-bond acceptors (Lipinski definition) is 2. The van der Waals surface area contributed by atoms with Gasteiger partial charge in [0.2, 0.25) is 0 Å². The number of benzene rings is 2. The second kappa shape index (κ2) is 8.00. The van der Waals surface area contributed by atoms with Gasteiger partial charge in [-0.3, -0.25) is 0 Å². The van der Waals surface area contributed by atoms with Gasteiger partial charge < -0.3 is 10.2 Å². The molecule has 2 rings (SSSR count). The van der Waals surface area contributed by atoms with Crippen molar-refractivity contribution in [3.8, 4) is 6.07 Å². The third kappa shape index (κ3) is 4.58. The maximum atomic E-state index is 12.6. The van der Waals surface area contributed by atoms with Crippen molar-refractivity contribution >= 4 is 11.7 Å². The fourth-order valence-corrected chi connectivity index (χ4v) is 2.44. The fourth-order valence-electron chi connectivity index (χ4n) is 2.44. The fraction of sp³-hybridized carbons (Fsp3) is 0.263. The molecule has 118 valence electrons. The Kier molecular flexibility index (Phi) is 5.76. The molecule has 23 heavy (non-hydrogen) atoms. The average Bonchev–Trinajstić information content (AvgIpc) is 2.55. The molecule has 0 aliphatic carbocycles. The smallest absolute Gasteiger partial charge is 0.319 e. The van der Waals surface area contributed by atoms with Gasteiger partial charge >= 0.3 is 6.03 Å². The SMILES string of the molecule is Cc1cccc(C)c1NC(=O)N(CCC#N)Cc1ccccc1. The van der Waals surface area contributed by atoms with E-state index in [0.29, 0.717) is 19.5 Å². The molecule has 0 saturated carbocycles. The number of amides is 2. The van der Waals surface area contributed by atoms with Gasteiger partial charge in [-0.1, -0.05) is 48.5 Å². The van der Waals surface area contributed by atoms with Gasteiger partial charge in [0, 0.05) is 18.8 Å². The number of para-hydroxylation sites is 1. The van der Waals surface area contributed by atoms with Crippen LogP contribution in [0.15, 0.2) is 48.5 Å². The highest BCUT2D eigenvalue weighted by atomic mass is 16.2. The molecule has 0 radical (unpaired) electrons. The second-order valence-corrected chi connectivity index (χ2v) is 5.51. The van der Waals surface area contributed by atoms with E-state index >= 15 is 0 Å². The zero-order chi connectivity index (χ0) is 16.7. The van der Waals surface area contributed by atoms with Crippen molar-refractivity contribution in [1.82, 2.24) is 4.90 Å². The molecule has 0 aliphatic rings. The summed E-state index contributed by atoms with van der Waals surface area (Å²) >= 11 is 0. The first kappa shape index (κ1) is 16.6. The van der Waals surface area contributed by atoms with Crippen molar-refractivity contribution in [1.29, 1.82) is 5.26 Å². The molecule has 0 unspecified atom stereocenters. The van der Waals surface area contributed by atoms with Crippen LogP contribution in [0.5, 0.6) is 0 Å². The molecule has 0 heterocycles. The maximum Gasteiger partial charge on any atom is 0.322 e. The summed E-state index contributed by atoms with van der Waals surface area (Å²) in [4.78, 5) is 14.3. The minimum Gasteiger partial charge on any atom is -0.319 e. The number of nitrogens with one attached hydrogen (secondary N) is 1. The van der Waals surface area contributed by atoms with Crippen LogP contribution in [0.1, 0.15) is 23.1 Å². The summed E-state index contributed by atoms with van der Waals surface area (Å²) in [5.74, 6) is 0. The summed E-state index contributed by atoms with van der Waals surface area (Å²) in [5, 5.41) is 11.8. The molecule has 0 atom stereocenters. The number of anilines is 1. The molecule has 2 amide bonds. The third-order valence-corrected chi connectivity index (χ3v) is 3.71. The van der Waals surface area contributed by atoms with Crippen molar-refractivity contribution in [2.24, 2.45) is 0 Å². The lowest BCUT2D eigenvalue weighted by Crippen LogP contribution is -2.35. The van der Waals surface area contributed by atoms with E-state index in [0.717, 1.165) is 22.4 Å². The molecule has 4 nitrogen and oxygen atoms in total. The zero-order valence-corrected chi connectivity index (χ0v) is 13.5. The van der Waals surface area contributed by atoms with Crippen LogP contribution in [-0.2, 0) is 6.54 Å². The summed E-state index contributed by atoms with van der Waals surface area (Å²) < 4.78 is 0. The van der Waals surface area contributed by atoms with Gasteiger partial charge in [-0.2, -0.15) is 5.26 Å². The molecule has 4 heteroatoms. The van der Waals surface area contributed by atoms with Crippen LogP contribution in [0.25, 0.3) is 0 Å². The molecule has 0 aromatic heterocycles. The molecule has 0 aliphatic heterocycles. The van der Waals surface area contributed by atoms with Crippen LogP contribution < -0.4 is 5.32 Å². The Morgan fingerprint density at radius 2 is 1.74 bits per heavy atom. The average molecular weight is 307 g/mol. The molecule has 0 fully saturated rings. The van der Waals surface area contributed by atoms with Crippen molar-refractivity contribution in [2.75, 3.05) is 11.9 Å². The summed E-state index contributed by atoms with van der Waals surface area (Å²) in [6, 6.07) is 17.6. The lowest BCUT2D eigenvalue weighted by molar-refractivity contribution is 0.210. The van der Waals surface area contributed by atoms with Crippen LogP contribution in [0.3, 0.4) is 0 Å². The Labute approximate surface area is 137 Å². The maximum absolute atomic E-state index is 12.6. The Morgan fingerprint density at radius 1 is 1.09 bits per heavy atom. The number of rotatable bonds is 5. The number of urea groups is 1. The van der Waals surface area contributed by atoms with Crippen LogP contribution >= 0.6 is 0 Å². The van der Waals surface area contributed by atoms with Gasteiger partial charge in [-0.25, -0.2) is 4.79 Å². The number of carbonyl (C=O) groups excluding carboxylic acids is 1. The lowest BCUT2D eigenvalue weighted by Gasteiger charge is -2.23. The molecular formula is C19H21N3O. The van der Waals surface area contributed by atoms with E-state index in [4.69, 9.17) is 5.26 Å². The minimum absolute atomic E-state index is 0.179. The Hall–Kier alpha value is -2.80. The van der Waals surface area contributed by atoms with Crippen LogP contribution in [0.4, 0.5) is 10.5 Å². The number of aryl methyl sites for hydroxylation is 2. The highest BCUT2D eigenvalue weighted by Crippen LogP contribution is 2.20. The third-order valence-electron chi connectivity index (χ3n) is 3.71. The monoisotopic (exact) mass is 307 g/mol. The van der Waals surface area contributed by atoms with E-state index in [9.17, 15) is 4.79 Å². The van der Waals surface area contributed by atoms with Crippen molar-refractivity contribution in [3.63, 3.8) is 0 Å². The molecule has 2 aromatic carbocycles. The number of nitriles is 1. The van der Waals surface area contributed by atoms with Crippen molar-refractivity contribution in [2.45, 2.75) is 26.8 Å². The van der Waals surface area contributed by atoms with Crippen molar-refractivity contribution in [3.05, 3.63) is 65.2 Å². The molecule has 2 aromatic rings. The van der Waals surface area contributed by atoms with Gasteiger partial charge in [0.1, 0.15) is 0 Å². The van der Waals surface area contributed by atoms with E-state index in [1.54, 1.807) is 4.90 Å². The van der Waals surface area contributed by atoms with Crippen LogP contribution in [-0.4, -0.2) is 17.5 Å². The van der Waals surface area contributed by atoms with Crippen LogP contribution in [0, 0.1) is 25.2 Å².